The van der Waals surface area contributed by atoms with Gasteiger partial charge in [0.25, 0.3) is 0 Å². The molecule has 0 saturated heterocycles. The summed E-state index contributed by atoms with van der Waals surface area (Å²) in [7, 11) is 0. The topological polar surface area (TPSA) is 26.3 Å². The van der Waals surface area contributed by atoms with E-state index in [1.807, 2.05) is 6.92 Å². The van der Waals surface area contributed by atoms with Crippen LogP contribution in [0.4, 0.5) is 0 Å². The molecule has 0 aromatic heterocycles. The van der Waals surface area contributed by atoms with E-state index in [1.165, 1.54) is 0 Å². The van der Waals surface area contributed by atoms with Gasteiger partial charge in [0, 0.05) is 13.0 Å². The Morgan fingerprint density at radius 3 is 2.00 bits per heavy atom. The molecular weight excluding hydrogens is 236 g/mol. The minimum absolute atomic E-state index is 0.360. The summed E-state index contributed by atoms with van der Waals surface area (Å²) >= 11 is 0. The third-order valence-electron chi connectivity index (χ3n) is 4.97. The Hall–Kier alpha value is -0.370. The van der Waals surface area contributed by atoms with Crippen LogP contribution >= 0.6 is 0 Å². The fourth-order valence-electron chi connectivity index (χ4n) is 3.14. The molecule has 1 aliphatic rings. The summed E-state index contributed by atoms with van der Waals surface area (Å²) < 4.78 is 5.97. The zero-order valence-electron chi connectivity index (χ0n) is 13.6. The molecule has 0 bridgehead atoms. The molecule has 0 amide bonds. The lowest BCUT2D eigenvalue weighted by molar-refractivity contribution is -0.153. The zero-order valence-corrected chi connectivity index (χ0v) is 13.6. The molecule has 0 radical (unpaired) electrons. The lowest BCUT2D eigenvalue weighted by Crippen LogP contribution is -2.47. The highest BCUT2D eigenvalue weighted by Crippen LogP contribution is 2.43. The minimum Gasteiger partial charge on any atom is -0.368 e. The molecule has 0 aromatic carbocycles. The van der Waals surface area contributed by atoms with Gasteiger partial charge >= 0.3 is 0 Å². The standard InChI is InChI=1S/C17H32O2/c1-6-14(7-2)13-15(18)17(19-8-3)11-9-16(4,5)10-12-17/h14H,6-13H2,1-5H3. The van der Waals surface area contributed by atoms with Gasteiger partial charge in [0.1, 0.15) is 5.60 Å². The summed E-state index contributed by atoms with van der Waals surface area (Å²) in [5.74, 6) is 0.887. The van der Waals surface area contributed by atoms with Crippen molar-refractivity contribution >= 4 is 5.78 Å². The van der Waals surface area contributed by atoms with Crippen LogP contribution in [0.25, 0.3) is 0 Å². The molecule has 0 spiro atoms. The van der Waals surface area contributed by atoms with Gasteiger partial charge in [-0.25, -0.2) is 0 Å². The number of hydrogen-bond acceptors (Lipinski definition) is 2. The van der Waals surface area contributed by atoms with Crippen LogP contribution in [0.2, 0.25) is 0 Å². The Kier molecular flexibility index (Phi) is 6.04. The summed E-state index contributed by atoms with van der Waals surface area (Å²) in [6.07, 6.45) is 6.91. The normalized spacial score (nSPS) is 21.6. The van der Waals surface area contributed by atoms with Crippen molar-refractivity contribution < 1.29 is 9.53 Å². The summed E-state index contributed by atoms with van der Waals surface area (Å²) in [5, 5.41) is 0. The molecule has 1 rings (SSSR count). The second-order valence-corrected chi connectivity index (χ2v) is 6.90. The summed E-state index contributed by atoms with van der Waals surface area (Å²) in [5.41, 5.74) is -0.0946. The molecule has 19 heavy (non-hydrogen) atoms. The molecule has 0 N–H and O–H groups in total. The van der Waals surface area contributed by atoms with Crippen LogP contribution in [0.3, 0.4) is 0 Å². The molecule has 112 valence electrons. The minimum atomic E-state index is -0.465. The largest absolute Gasteiger partial charge is 0.368 e. The van der Waals surface area contributed by atoms with Gasteiger partial charge in [-0.2, -0.15) is 0 Å². The van der Waals surface area contributed by atoms with Crippen LogP contribution in [-0.4, -0.2) is 18.0 Å². The van der Waals surface area contributed by atoms with E-state index in [0.717, 1.165) is 38.5 Å². The van der Waals surface area contributed by atoms with E-state index < -0.39 is 5.60 Å². The van der Waals surface area contributed by atoms with Gasteiger partial charge in [0.15, 0.2) is 5.78 Å². The number of ether oxygens (including phenoxy) is 1. The van der Waals surface area contributed by atoms with Gasteiger partial charge in [-0.05, 0) is 43.9 Å². The highest BCUT2D eigenvalue weighted by Gasteiger charge is 2.44. The van der Waals surface area contributed by atoms with E-state index in [0.29, 0.717) is 30.1 Å². The Morgan fingerprint density at radius 1 is 1.05 bits per heavy atom. The van der Waals surface area contributed by atoms with Crippen molar-refractivity contribution in [2.45, 2.75) is 85.2 Å². The monoisotopic (exact) mass is 268 g/mol. The molecule has 0 atom stereocenters. The summed E-state index contributed by atoms with van der Waals surface area (Å²) in [4.78, 5) is 12.7. The average molecular weight is 268 g/mol. The molecule has 0 unspecified atom stereocenters. The maximum absolute atomic E-state index is 12.7. The van der Waals surface area contributed by atoms with Crippen LogP contribution in [0.1, 0.15) is 79.6 Å². The van der Waals surface area contributed by atoms with Gasteiger partial charge in [0.2, 0.25) is 0 Å². The quantitative estimate of drug-likeness (QED) is 0.665. The molecule has 0 heterocycles. The number of hydrogen-bond donors (Lipinski definition) is 0. The maximum Gasteiger partial charge on any atom is 0.164 e. The second kappa shape index (κ2) is 6.88. The lowest BCUT2D eigenvalue weighted by Gasteiger charge is -2.42. The van der Waals surface area contributed by atoms with Gasteiger partial charge < -0.3 is 4.74 Å². The Labute approximate surface area is 119 Å². The van der Waals surface area contributed by atoms with Crippen molar-refractivity contribution in [2.75, 3.05) is 6.61 Å². The molecule has 0 aromatic rings. The summed E-state index contributed by atoms with van der Waals surface area (Å²) in [6.45, 7) is 11.6. The first-order valence-corrected chi connectivity index (χ1v) is 8.06. The van der Waals surface area contributed by atoms with E-state index in [2.05, 4.69) is 27.7 Å². The molecule has 2 heteroatoms. The maximum atomic E-state index is 12.7. The van der Waals surface area contributed by atoms with E-state index in [1.54, 1.807) is 0 Å². The van der Waals surface area contributed by atoms with E-state index in [-0.39, 0.29) is 0 Å². The molecular formula is C17H32O2. The van der Waals surface area contributed by atoms with Gasteiger partial charge in [0.05, 0.1) is 0 Å². The van der Waals surface area contributed by atoms with E-state index >= 15 is 0 Å². The van der Waals surface area contributed by atoms with E-state index in [9.17, 15) is 4.79 Å². The molecule has 2 nitrogen and oxygen atoms in total. The van der Waals surface area contributed by atoms with Gasteiger partial charge in [-0.1, -0.05) is 40.5 Å². The van der Waals surface area contributed by atoms with Crippen LogP contribution in [-0.2, 0) is 9.53 Å². The SMILES string of the molecule is CCOC1(C(=O)CC(CC)CC)CCC(C)(C)CC1. The summed E-state index contributed by atoms with van der Waals surface area (Å²) in [6, 6.07) is 0. The highest BCUT2D eigenvalue weighted by atomic mass is 16.5. The van der Waals surface area contributed by atoms with Gasteiger partial charge in [-0.15, -0.1) is 0 Å². The molecule has 1 aliphatic carbocycles. The van der Waals surface area contributed by atoms with Crippen molar-refractivity contribution in [1.82, 2.24) is 0 Å². The third-order valence-corrected chi connectivity index (χ3v) is 4.97. The van der Waals surface area contributed by atoms with E-state index in [4.69, 9.17) is 4.74 Å². The third kappa shape index (κ3) is 4.30. The lowest BCUT2D eigenvalue weighted by atomic mass is 9.68. The average Bonchev–Trinajstić information content (AvgIpc) is 2.38. The van der Waals surface area contributed by atoms with Crippen molar-refractivity contribution in [3.63, 3.8) is 0 Å². The van der Waals surface area contributed by atoms with Crippen LogP contribution in [0, 0.1) is 11.3 Å². The van der Waals surface area contributed by atoms with Crippen molar-refractivity contribution in [1.29, 1.82) is 0 Å². The Bertz CT molecular complexity index is 280. The predicted molar refractivity (Wildman–Crippen MR) is 80.3 cm³/mol. The smallest absolute Gasteiger partial charge is 0.164 e. The highest BCUT2D eigenvalue weighted by molar-refractivity contribution is 5.87. The van der Waals surface area contributed by atoms with Crippen LogP contribution < -0.4 is 0 Å². The number of ketones is 1. The first-order chi connectivity index (χ1) is 8.89. The number of Topliss-reactive ketones (excluding diaryl/α,β-unsaturated/α-hetero) is 1. The first kappa shape index (κ1) is 16.7. The zero-order chi connectivity index (χ0) is 14.5. The number of rotatable bonds is 7. The Balaban J connectivity index is 2.74. The van der Waals surface area contributed by atoms with Crippen molar-refractivity contribution in [3.8, 4) is 0 Å². The fourth-order valence-corrected chi connectivity index (χ4v) is 3.14. The molecule has 1 fully saturated rings. The first-order valence-electron chi connectivity index (χ1n) is 8.06. The second-order valence-electron chi connectivity index (χ2n) is 6.90. The van der Waals surface area contributed by atoms with Crippen LogP contribution in [0.5, 0.6) is 0 Å². The van der Waals surface area contributed by atoms with Crippen molar-refractivity contribution in [3.05, 3.63) is 0 Å². The molecule has 1 saturated carbocycles. The number of carbonyl (C=O) groups is 1. The predicted octanol–water partition coefficient (Wildman–Crippen LogP) is 4.76. The van der Waals surface area contributed by atoms with Gasteiger partial charge in [-0.3, -0.25) is 4.79 Å². The number of carbonyl (C=O) groups excluding carboxylic acids is 1. The van der Waals surface area contributed by atoms with Crippen molar-refractivity contribution in [2.24, 2.45) is 11.3 Å². The Morgan fingerprint density at radius 2 is 1.58 bits per heavy atom. The van der Waals surface area contributed by atoms with Crippen LogP contribution in [0.15, 0.2) is 0 Å². The molecule has 0 aliphatic heterocycles. The fraction of sp³-hybridized carbons (Fsp3) is 0.941.